The standard InChI is InChI=1S/C40H37N3O5S/c1-26-15-16-32(23-27(26)2)42-40(46)37(28-11-7-5-8-12-28)49-34-20-17-31(18-21-34)41-39(45)35(43-38(44)29-13-9-6-10-14-29)25-30-24-33(47-3)19-22-36(30)48-4/h5-25,37H,1-4H3,(H,41,45)(H,42,46)(H,43,44)/b35-25-. The maximum atomic E-state index is 13.7. The molecule has 5 aromatic rings. The fraction of sp³-hybridized carbons (Fsp3) is 0.125. The first kappa shape index (κ1) is 34.5. The number of ether oxygens (including phenoxy) is 2. The molecule has 5 aromatic carbocycles. The van der Waals surface area contributed by atoms with E-state index in [1.807, 2.05) is 80.6 Å². The predicted molar refractivity (Wildman–Crippen MR) is 196 cm³/mol. The number of thioether (sulfide) groups is 1. The first-order chi connectivity index (χ1) is 23.7. The molecule has 0 bridgehead atoms. The molecule has 49 heavy (non-hydrogen) atoms. The number of anilines is 2. The van der Waals surface area contributed by atoms with Gasteiger partial charge in [0, 0.05) is 27.4 Å². The van der Waals surface area contributed by atoms with E-state index in [4.69, 9.17) is 9.47 Å². The van der Waals surface area contributed by atoms with Crippen LogP contribution in [-0.4, -0.2) is 31.9 Å². The Morgan fingerprint density at radius 1 is 0.694 bits per heavy atom. The number of carbonyl (C=O) groups is 3. The van der Waals surface area contributed by atoms with Crippen molar-refractivity contribution in [2.45, 2.75) is 24.0 Å². The second-order valence-electron chi connectivity index (χ2n) is 11.2. The summed E-state index contributed by atoms with van der Waals surface area (Å²) in [4.78, 5) is 41.2. The molecule has 8 nitrogen and oxygen atoms in total. The molecule has 0 aliphatic heterocycles. The lowest BCUT2D eigenvalue weighted by Crippen LogP contribution is -2.30. The molecule has 0 fully saturated rings. The van der Waals surface area contributed by atoms with Crippen molar-refractivity contribution in [1.82, 2.24) is 5.32 Å². The third-order valence-electron chi connectivity index (χ3n) is 7.75. The molecule has 3 amide bonds. The van der Waals surface area contributed by atoms with E-state index in [0.717, 1.165) is 27.3 Å². The molecule has 0 aliphatic carbocycles. The number of carbonyl (C=O) groups excluding carboxylic acids is 3. The summed E-state index contributed by atoms with van der Waals surface area (Å²) >= 11 is 1.41. The molecule has 0 spiro atoms. The van der Waals surface area contributed by atoms with Crippen LogP contribution in [-0.2, 0) is 9.59 Å². The third-order valence-corrected chi connectivity index (χ3v) is 9.01. The summed E-state index contributed by atoms with van der Waals surface area (Å²) in [7, 11) is 3.07. The van der Waals surface area contributed by atoms with Gasteiger partial charge >= 0.3 is 0 Å². The molecule has 0 radical (unpaired) electrons. The Balaban J connectivity index is 1.36. The van der Waals surface area contributed by atoms with Gasteiger partial charge in [0.15, 0.2) is 0 Å². The van der Waals surface area contributed by atoms with E-state index < -0.39 is 17.1 Å². The summed E-state index contributed by atoms with van der Waals surface area (Å²) in [6.45, 7) is 4.05. The van der Waals surface area contributed by atoms with Gasteiger partial charge < -0.3 is 25.4 Å². The SMILES string of the molecule is COc1ccc(OC)c(/C=C(\NC(=O)c2ccccc2)C(=O)Nc2ccc(SC(C(=O)Nc3ccc(C)c(C)c3)c3ccccc3)cc2)c1. The molecule has 3 N–H and O–H groups in total. The molecule has 0 aliphatic rings. The molecule has 248 valence electrons. The normalized spacial score (nSPS) is 11.6. The summed E-state index contributed by atoms with van der Waals surface area (Å²) in [6.07, 6.45) is 1.54. The van der Waals surface area contributed by atoms with Gasteiger partial charge in [-0.05, 0) is 103 Å². The summed E-state index contributed by atoms with van der Waals surface area (Å²) in [5.74, 6) is -0.0680. The van der Waals surface area contributed by atoms with Gasteiger partial charge in [-0.2, -0.15) is 0 Å². The van der Waals surface area contributed by atoms with E-state index in [-0.39, 0.29) is 11.6 Å². The third kappa shape index (κ3) is 9.18. The van der Waals surface area contributed by atoms with Crippen LogP contribution >= 0.6 is 11.8 Å². The van der Waals surface area contributed by atoms with Crippen molar-refractivity contribution in [2.75, 3.05) is 24.9 Å². The maximum absolute atomic E-state index is 13.7. The van der Waals surface area contributed by atoms with Gasteiger partial charge in [0.25, 0.3) is 11.8 Å². The van der Waals surface area contributed by atoms with Crippen LogP contribution in [0, 0.1) is 13.8 Å². The minimum absolute atomic E-state index is 0.00557. The van der Waals surface area contributed by atoms with E-state index >= 15 is 0 Å². The van der Waals surface area contributed by atoms with Crippen molar-refractivity contribution < 1.29 is 23.9 Å². The Kier molecular flexibility index (Phi) is 11.5. The molecule has 5 rings (SSSR count). The Morgan fingerprint density at radius 2 is 1.37 bits per heavy atom. The second kappa shape index (κ2) is 16.3. The zero-order valence-corrected chi connectivity index (χ0v) is 28.5. The molecule has 0 saturated carbocycles. The van der Waals surface area contributed by atoms with Crippen LogP contribution < -0.4 is 25.4 Å². The first-order valence-electron chi connectivity index (χ1n) is 15.6. The smallest absolute Gasteiger partial charge is 0.272 e. The van der Waals surface area contributed by atoms with Gasteiger partial charge in [-0.1, -0.05) is 54.6 Å². The Hall–Kier alpha value is -5.80. The quantitative estimate of drug-likeness (QED) is 0.0913. The zero-order valence-electron chi connectivity index (χ0n) is 27.7. The Bertz CT molecular complexity index is 1960. The van der Waals surface area contributed by atoms with Crippen molar-refractivity contribution in [3.8, 4) is 11.5 Å². The monoisotopic (exact) mass is 671 g/mol. The summed E-state index contributed by atoms with van der Waals surface area (Å²) in [5.41, 5.74) is 5.30. The van der Waals surface area contributed by atoms with Crippen molar-refractivity contribution in [3.63, 3.8) is 0 Å². The number of amides is 3. The minimum atomic E-state index is -0.538. The summed E-state index contributed by atoms with van der Waals surface area (Å²) < 4.78 is 10.9. The largest absolute Gasteiger partial charge is 0.497 e. The number of methoxy groups -OCH3 is 2. The molecule has 1 atom stereocenters. The highest BCUT2D eigenvalue weighted by Crippen LogP contribution is 2.37. The van der Waals surface area contributed by atoms with Crippen LogP contribution in [0.1, 0.15) is 37.9 Å². The van der Waals surface area contributed by atoms with Crippen molar-refractivity contribution in [2.24, 2.45) is 0 Å². The predicted octanol–water partition coefficient (Wildman–Crippen LogP) is 8.20. The molecule has 9 heteroatoms. The van der Waals surface area contributed by atoms with Crippen molar-refractivity contribution in [1.29, 1.82) is 0 Å². The van der Waals surface area contributed by atoms with E-state index in [0.29, 0.717) is 28.3 Å². The summed E-state index contributed by atoms with van der Waals surface area (Å²) in [5, 5.41) is 8.17. The number of rotatable bonds is 12. The summed E-state index contributed by atoms with van der Waals surface area (Å²) in [6, 6.07) is 36.5. The average molecular weight is 672 g/mol. The van der Waals surface area contributed by atoms with Gasteiger partial charge in [0.2, 0.25) is 5.91 Å². The van der Waals surface area contributed by atoms with Gasteiger partial charge in [0.05, 0.1) is 14.2 Å². The van der Waals surface area contributed by atoms with Crippen LogP contribution in [0.15, 0.2) is 132 Å². The Labute approximate surface area is 290 Å². The van der Waals surface area contributed by atoms with E-state index in [1.54, 1.807) is 67.8 Å². The van der Waals surface area contributed by atoms with Crippen molar-refractivity contribution in [3.05, 3.63) is 155 Å². The van der Waals surface area contributed by atoms with Crippen LogP contribution in [0.25, 0.3) is 6.08 Å². The fourth-order valence-corrected chi connectivity index (χ4v) is 5.95. The highest BCUT2D eigenvalue weighted by Gasteiger charge is 2.23. The van der Waals surface area contributed by atoms with Gasteiger partial charge in [0.1, 0.15) is 22.4 Å². The van der Waals surface area contributed by atoms with E-state index in [2.05, 4.69) is 16.0 Å². The van der Waals surface area contributed by atoms with Crippen molar-refractivity contribution >= 4 is 46.9 Å². The minimum Gasteiger partial charge on any atom is -0.497 e. The number of nitrogens with one attached hydrogen (secondary N) is 3. The molecule has 0 saturated heterocycles. The van der Waals surface area contributed by atoms with Crippen LogP contribution in [0.4, 0.5) is 11.4 Å². The molecular formula is C40H37N3O5S. The van der Waals surface area contributed by atoms with Crippen LogP contribution in [0.5, 0.6) is 11.5 Å². The van der Waals surface area contributed by atoms with Crippen LogP contribution in [0.3, 0.4) is 0 Å². The lowest BCUT2D eigenvalue weighted by atomic mass is 10.1. The van der Waals surface area contributed by atoms with Gasteiger partial charge in [-0.3, -0.25) is 14.4 Å². The fourth-order valence-electron chi connectivity index (χ4n) is 4.93. The highest BCUT2D eigenvalue weighted by atomic mass is 32.2. The second-order valence-corrected chi connectivity index (χ2v) is 12.3. The van der Waals surface area contributed by atoms with E-state index in [1.165, 1.54) is 18.9 Å². The van der Waals surface area contributed by atoms with Crippen LogP contribution in [0.2, 0.25) is 0 Å². The molecule has 1 unspecified atom stereocenters. The zero-order chi connectivity index (χ0) is 34.8. The Morgan fingerprint density at radius 3 is 2.02 bits per heavy atom. The highest BCUT2D eigenvalue weighted by molar-refractivity contribution is 8.00. The number of aryl methyl sites for hydroxylation is 2. The number of hydrogen-bond donors (Lipinski definition) is 3. The lowest BCUT2D eigenvalue weighted by molar-refractivity contribution is -0.116. The topological polar surface area (TPSA) is 106 Å². The maximum Gasteiger partial charge on any atom is 0.272 e. The van der Waals surface area contributed by atoms with Gasteiger partial charge in [-0.25, -0.2) is 0 Å². The van der Waals surface area contributed by atoms with E-state index in [9.17, 15) is 14.4 Å². The molecule has 0 heterocycles. The average Bonchev–Trinajstić information content (AvgIpc) is 3.13. The molecular weight excluding hydrogens is 635 g/mol. The van der Waals surface area contributed by atoms with Gasteiger partial charge in [-0.15, -0.1) is 11.8 Å². The number of benzene rings is 5. The first-order valence-corrected chi connectivity index (χ1v) is 16.4. The molecule has 0 aromatic heterocycles. The lowest BCUT2D eigenvalue weighted by Gasteiger charge is -2.18. The number of hydrogen-bond acceptors (Lipinski definition) is 6.